The third kappa shape index (κ3) is 4.37. The first-order chi connectivity index (χ1) is 10.6. The lowest BCUT2D eigenvalue weighted by molar-refractivity contribution is -0.385. The van der Waals surface area contributed by atoms with Gasteiger partial charge in [0.15, 0.2) is 0 Å². The van der Waals surface area contributed by atoms with Gasteiger partial charge in [0.1, 0.15) is 0 Å². The van der Waals surface area contributed by atoms with Gasteiger partial charge in [0.25, 0.3) is 11.4 Å². The van der Waals surface area contributed by atoms with Crippen LogP contribution in [-0.2, 0) is 12.8 Å². The van der Waals surface area contributed by atoms with E-state index >= 15 is 0 Å². The van der Waals surface area contributed by atoms with E-state index in [1.807, 2.05) is 0 Å². The highest BCUT2D eigenvalue weighted by molar-refractivity contribution is 5.33. The molecule has 0 N–H and O–H groups in total. The largest absolute Gasteiger partial charge is 0.269 e. The molecule has 2 aromatic carbocycles. The quantitative estimate of drug-likeness (QED) is 0.438. The van der Waals surface area contributed by atoms with Crippen LogP contribution in [0.1, 0.15) is 24.0 Å². The van der Waals surface area contributed by atoms with Crippen molar-refractivity contribution in [2.24, 2.45) is 0 Å². The van der Waals surface area contributed by atoms with E-state index in [0.29, 0.717) is 0 Å². The van der Waals surface area contributed by atoms with Crippen molar-refractivity contribution in [2.45, 2.75) is 25.7 Å². The molecule has 0 fully saturated rings. The summed E-state index contributed by atoms with van der Waals surface area (Å²) in [5.74, 6) is 0. The van der Waals surface area contributed by atoms with Crippen molar-refractivity contribution in [2.75, 3.05) is 0 Å². The maximum absolute atomic E-state index is 10.6. The minimum Gasteiger partial charge on any atom is -0.258 e. The molecule has 0 unspecified atom stereocenters. The Morgan fingerprint density at radius 3 is 1.23 bits per heavy atom. The first-order valence-electron chi connectivity index (χ1n) is 7.03. The molecule has 0 aromatic heterocycles. The van der Waals surface area contributed by atoms with Gasteiger partial charge < -0.3 is 0 Å². The summed E-state index contributed by atoms with van der Waals surface area (Å²) < 4.78 is 0. The normalized spacial score (nSPS) is 10.4. The highest BCUT2D eigenvalue weighted by atomic mass is 16.6. The Hall–Kier alpha value is -2.76. The molecular weight excluding hydrogens is 284 g/mol. The molecule has 0 aliphatic rings. The van der Waals surface area contributed by atoms with Crippen molar-refractivity contribution >= 4 is 11.4 Å². The molecule has 0 spiro atoms. The monoisotopic (exact) mass is 300 g/mol. The molecule has 0 aliphatic carbocycles. The number of hydrogen-bond acceptors (Lipinski definition) is 4. The summed E-state index contributed by atoms with van der Waals surface area (Å²) >= 11 is 0. The third-order valence-electron chi connectivity index (χ3n) is 3.48. The van der Waals surface area contributed by atoms with E-state index in [1.165, 1.54) is 24.3 Å². The SMILES string of the molecule is O=[N+]([O-])c1ccc(CCCCc2ccc([N+](=O)[O-])cc2)cc1. The highest BCUT2D eigenvalue weighted by Gasteiger charge is 2.05. The van der Waals surface area contributed by atoms with E-state index < -0.39 is 9.85 Å². The maximum atomic E-state index is 10.6. The number of unbranched alkanes of at least 4 members (excludes halogenated alkanes) is 1. The van der Waals surface area contributed by atoms with Crippen molar-refractivity contribution in [3.05, 3.63) is 79.9 Å². The van der Waals surface area contributed by atoms with Gasteiger partial charge in [0, 0.05) is 24.3 Å². The van der Waals surface area contributed by atoms with Crippen LogP contribution in [0.3, 0.4) is 0 Å². The number of hydrogen-bond donors (Lipinski definition) is 0. The summed E-state index contributed by atoms with van der Waals surface area (Å²) in [6.07, 6.45) is 3.67. The van der Waals surface area contributed by atoms with Gasteiger partial charge in [-0.25, -0.2) is 0 Å². The van der Waals surface area contributed by atoms with E-state index in [9.17, 15) is 20.2 Å². The zero-order chi connectivity index (χ0) is 15.9. The van der Waals surface area contributed by atoms with Gasteiger partial charge in [-0.1, -0.05) is 24.3 Å². The Labute approximate surface area is 127 Å². The first-order valence-corrected chi connectivity index (χ1v) is 7.03. The lowest BCUT2D eigenvalue weighted by Gasteiger charge is -2.03. The Bertz CT molecular complexity index is 591. The van der Waals surface area contributed by atoms with E-state index in [1.54, 1.807) is 24.3 Å². The van der Waals surface area contributed by atoms with Crippen LogP contribution >= 0.6 is 0 Å². The fourth-order valence-corrected chi connectivity index (χ4v) is 2.23. The molecule has 6 heteroatoms. The second-order valence-corrected chi connectivity index (χ2v) is 5.05. The summed E-state index contributed by atoms with van der Waals surface area (Å²) in [4.78, 5) is 20.3. The molecule has 22 heavy (non-hydrogen) atoms. The summed E-state index contributed by atoms with van der Waals surface area (Å²) in [5.41, 5.74) is 2.37. The van der Waals surface area contributed by atoms with Crippen LogP contribution < -0.4 is 0 Å². The van der Waals surface area contributed by atoms with Crippen LogP contribution in [0, 0.1) is 20.2 Å². The van der Waals surface area contributed by atoms with Gasteiger partial charge in [0.05, 0.1) is 9.85 Å². The van der Waals surface area contributed by atoms with Crippen LogP contribution in [0.5, 0.6) is 0 Å². The summed E-state index contributed by atoms with van der Waals surface area (Å²) in [6, 6.07) is 13.2. The van der Waals surface area contributed by atoms with Crippen molar-refractivity contribution < 1.29 is 9.85 Å². The number of aryl methyl sites for hydroxylation is 2. The summed E-state index contributed by atoms with van der Waals surface area (Å²) in [5, 5.41) is 21.1. The highest BCUT2D eigenvalue weighted by Crippen LogP contribution is 2.16. The molecule has 0 aliphatic heterocycles. The van der Waals surface area contributed by atoms with Crippen LogP contribution in [0.2, 0.25) is 0 Å². The number of nitrogens with zero attached hydrogens (tertiary/aromatic N) is 2. The Morgan fingerprint density at radius 1 is 0.636 bits per heavy atom. The lowest BCUT2D eigenvalue weighted by atomic mass is 10.0. The van der Waals surface area contributed by atoms with Crippen molar-refractivity contribution in [3.63, 3.8) is 0 Å². The number of rotatable bonds is 7. The van der Waals surface area contributed by atoms with E-state index in [2.05, 4.69) is 0 Å². The minimum absolute atomic E-state index is 0.106. The van der Waals surface area contributed by atoms with Gasteiger partial charge >= 0.3 is 0 Å². The molecule has 0 heterocycles. The minimum atomic E-state index is -0.404. The first kappa shape index (κ1) is 15.6. The van der Waals surface area contributed by atoms with Gasteiger partial charge in [-0.05, 0) is 36.8 Å². The van der Waals surface area contributed by atoms with Gasteiger partial charge in [-0.2, -0.15) is 0 Å². The molecular formula is C16H16N2O4. The van der Waals surface area contributed by atoms with E-state index in [4.69, 9.17) is 0 Å². The van der Waals surface area contributed by atoms with Crippen molar-refractivity contribution in [1.82, 2.24) is 0 Å². The zero-order valence-electron chi connectivity index (χ0n) is 12.0. The van der Waals surface area contributed by atoms with Crippen LogP contribution in [0.25, 0.3) is 0 Å². The lowest BCUT2D eigenvalue weighted by Crippen LogP contribution is -1.92. The molecule has 2 rings (SSSR count). The van der Waals surface area contributed by atoms with Gasteiger partial charge in [-0.3, -0.25) is 20.2 Å². The number of non-ortho nitro benzene ring substituents is 2. The van der Waals surface area contributed by atoms with Crippen LogP contribution in [0.15, 0.2) is 48.5 Å². The zero-order valence-corrected chi connectivity index (χ0v) is 12.0. The predicted octanol–water partition coefficient (Wildman–Crippen LogP) is 4.07. The third-order valence-corrected chi connectivity index (χ3v) is 3.48. The molecule has 0 saturated carbocycles. The smallest absolute Gasteiger partial charge is 0.258 e. The Balaban J connectivity index is 1.77. The Morgan fingerprint density at radius 2 is 0.955 bits per heavy atom. The molecule has 0 radical (unpaired) electrons. The van der Waals surface area contributed by atoms with Gasteiger partial charge in [0.2, 0.25) is 0 Å². The second-order valence-electron chi connectivity index (χ2n) is 5.05. The summed E-state index contributed by atoms with van der Waals surface area (Å²) in [6.45, 7) is 0. The molecule has 0 atom stereocenters. The van der Waals surface area contributed by atoms with Crippen LogP contribution in [0.4, 0.5) is 11.4 Å². The fourth-order valence-electron chi connectivity index (χ4n) is 2.23. The summed E-state index contributed by atoms with van der Waals surface area (Å²) in [7, 11) is 0. The number of nitro groups is 2. The molecule has 0 saturated heterocycles. The fraction of sp³-hybridized carbons (Fsp3) is 0.250. The number of benzene rings is 2. The molecule has 6 nitrogen and oxygen atoms in total. The predicted molar refractivity (Wildman–Crippen MR) is 82.8 cm³/mol. The van der Waals surface area contributed by atoms with Crippen molar-refractivity contribution in [3.8, 4) is 0 Å². The standard InChI is InChI=1S/C16H16N2O4/c19-17(20)15-9-5-13(6-10-15)3-1-2-4-14-7-11-16(12-8-14)18(21)22/h5-12H,1-4H2. The van der Waals surface area contributed by atoms with E-state index in [-0.39, 0.29) is 11.4 Å². The van der Waals surface area contributed by atoms with Gasteiger partial charge in [-0.15, -0.1) is 0 Å². The molecule has 2 aromatic rings. The average molecular weight is 300 g/mol. The maximum Gasteiger partial charge on any atom is 0.269 e. The molecule has 114 valence electrons. The second kappa shape index (κ2) is 7.31. The molecule has 0 bridgehead atoms. The van der Waals surface area contributed by atoms with Crippen LogP contribution in [-0.4, -0.2) is 9.85 Å². The number of nitro benzene ring substituents is 2. The van der Waals surface area contributed by atoms with Crippen molar-refractivity contribution in [1.29, 1.82) is 0 Å². The average Bonchev–Trinajstić information content (AvgIpc) is 2.52. The van der Waals surface area contributed by atoms with E-state index in [0.717, 1.165) is 36.8 Å². The Kier molecular flexibility index (Phi) is 5.19. The molecule has 0 amide bonds. The topological polar surface area (TPSA) is 86.3 Å².